The van der Waals surface area contributed by atoms with E-state index in [0.29, 0.717) is 11.3 Å². The van der Waals surface area contributed by atoms with Crippen molar-refractivity contribution in [2.75, 3.05) is 12.4 Å². The number of esters is 1. The fourth-order valence-electron chi connectivity index (χ4n) is 2.43. The lowest BCUT2D eigenvalue weighted by Gasteiger charge is -2.31. The summed E-state index contributed by atoms with van der Waals surface area (Å²) in [6.07, 6.45) is 1.69. The molecule has 1 aromatic rings. The molecule has 2 heterocycles. The standard InChI is InChI=1S/C13H20N2O3S/c1-7-5-10(6-8(2)17-7)18-13(16)11-9(3)15-19-12(11)14-4/h7-8,10,14H,5-6H2,1-4H3. The van der Waals surface area contributed by atoms with Crippen molar-refractivity contribution in [1.29, 1.82) is 0 Å². The summed E-state index contributed by atoms with van der Waals surface area (Å²) in [5.74, 6) is -0.290. The number of hydrogen-bond acceptors (Lipinski definition) is 6. The Morgan fingerprint density at radius 1 is 1.42 bits per heavy atom. The van der Waals surface area contributed by atoms with Crippen LogP contribution in [0.4, 0.5) is 5.00 Å². The van der Waals surface area contributed by atoms with Crippen molar-refractivity contribution < 1.29 is 14.3 Å². The molecule has 0 saturated carbocycles. The van der Waals surface area contributed by atoms with Crippen LogP contribution in [0, 0.1) is 6.92 Å². The number of carbonyl (C=O) groups excluding carboxylic acids is 1. The molecule has 0 bridgehead atoms. The highest BCUT2D eigenvalue weighted by Gasteiger charge is 2.29. The highest BCUT2D eigenvalue weighted by atomic mass is 32.1. The summed E-state index contributed by atoms with van der Waals surface area (Å²) in [7, 11) is 1.78. The Labute approximate surface area is 117 Å². The number of aromatic nitrogens is 1. The average molecular weight is 284 g/mol. The molecule has 1 N–H and O–H groups in total. The van der Waals surface area contributed by atoms with Crippen LogP contribution in [0.15, 0.2) is 0 Å². The third-order valence-corrected chi connectivity index (χ3v) is 4.18. The molecular formula is C13H20N2O3S. The average Bonchev–Trinajstić information content (AvgIpc) is 2.68. The van der Waals surface area contributed by atoms with E-state index in [1.807, 2.05) is 20.8 Å². The van der Waals surface area contributed by atoms with Crippen LogP contribution in [0.5, 0.6) is 0 Å². The monoisotopic (exact) mass is 284 g/mol. The van der Waals surface area contributed by atoms with Gasteiger partial charge in [-0.2, -0.15) is 4.37 Å². The zero-order valence-electron chi connectivity index (χ0n) is 11.7. The van der Waals surface area contributed by atoms with Crippen LogP contribution in [0.1, 0.15) is 42.7 Å². The van der Waals surface area contributed by atoms with E-state index in [1.165, 1.54) is 11.5 Å². The van der Waals surface area contributed by atoms with Gasteiger partial charge in [-0.1, -0.05) is 0 Å². The van der Waals surface area contributed by atoms with Crippen LogP contribution < -0.4 is 5.32 Å². The van der Waals surface area contributed by atoms with Gasteiger partial charge in [0.15, 0.2) is 0 Å². The highest BCUT2D eigenvalue weighted by Crippen LogP contribution is 2.27. The molecule has 1 aliphatic rings. The number of nitrogens with zero attached hydrogens (tertiary/aromatic N) is 1. The van der Waals surface area contributed by atoms with Gasteiger partial charge in [-0.05, 0) is 32.3 Å². The van der Waals surface area contributed by atoms with Crippen LogP contribution in [0.25, 0.3) is 0 Å². The molecule has 0 amide bonds. The second-order valence-corrected chi connectivity index (χ2v) is 5.75. The highest BCUT2D eigenvalue weighted by molar-refractivity contribution is 7.10. The van der Waals surface area contributed by atoms with Crippen LogP contribution in [-0.2, 0) is 9.47 Å². The van der Waals surface area contributed by atoms with Gasteiger partial charge in [0.2, 0.25) is 0 Å². The molecule has 5 nitrogen and oxygen atoms in total. The third-order valence-electron chi connectivity index (χ3n) is 3.22. The van der Waals surface area contributed by atoms with E-state index in [1.54, 1.807) is 7.05 Å². The number of carbonyl (C=O) groups is 1. The molecule has 1 fully saturated rings. The molecule has 2 unspecified atom stereocenters. The molecule has 1 aliphatic heterocycles. The van der Waals surface area contributed by atoms with Crippen LogP contribution >= 0.6 is 11.5 Å². The van der Waals surface area contributed by atoms with Gasteiger partial charge in [-0.3, -0.25) is 0 Å². The third kappa shape index (κ3) is 3.25. The molecule has 2 atom stereocenters. The summed E-state index contributed by atoms with van der Waals surface area (Å²) >= 11 is 1.28. The molecule has 0 aliphatic carbocycles. The lowest BCUT2D eigenvalue weighted by atomic mass is 10.0. The summed E-state index contributed by atoms with van der Waals surface area (Å²) in [5, 5.41) is 3.74. The van der Waals surface area contributed by atoms with Crippen LogP contribution in [0.2, 0.25) is 0 Å². The first kappa shape index (κ1) is 14.3. The molecule has 1 saturated heterocycles. The fourth-order valence-corrected chi connectivity index (χ4v) is 3.16. The van der Waals surface area contributed by atoms with E-state index in [-0.39, 0.29) is 24.3 Å². The topological polar surface area (TPSA) is 60.5 Å². The van der Waals surface area contributed by atoms with Crippen molar-refractivity contribution in [1.82, 2.24) is 4.37 Å². The van der Waals surface area contributed by atoms with Gasteiger partial charge in [0.05, 0.1) is 17.9 Å². The fraction of sp³-hybridized carbons (Fsp3) is 0.692. The zero-order valence-corrected chi connectivity index (χ0v) is 12.5. The van der Waals surface area contributed by atoms with E-state index in [2.05, 4.69) is 9.69 Å². The summed E-state index contributed by atoms with van der Waals surface area (Å²) in [4.78, 5) is 12.3. The Morgan fingerprint density at radius 2 is 2.05 bits per heavy atom. The molecular weight excluding hydrogens is 264 g/mol. The van der Waals surface area contributed by atoms with Crippen molar-refractivity contribution in [2.24, 2.45) is 0 Å². The number of nitrogens with one attached hydrogen (secondary N) is 1. The molecule has 0 aromatic carbocycles. The Bertz CT molecular complexity index is 451. The Morgan fingerprint density at radius 3 is 2.63 bits per heavy atom. The van der Waals surface area contributed by atoms with Gasteiger partial charge >= 0.3 is 5.97 Å². The Balaban J connectivity index is 2.06. The smallest absolute Gasteiger partial charge is 0.343 e. The van der Waals surface area contributed by atoms with E-state index in [0.717, 1.165) is 17.8 Å². The molecule has 0 radical (unpaired) electrons. The van der Waals surface area contributed by atoms with Crippen LogP contribution in [-0.4, -0.2) is 35.7 Å². The predicted octanol–water partition coefficient (Wildman–Crippen LogP) is 2.61. The first-order valence-electron chi connectivity index (χ1n) is 6.51. The van der Waals surface area contributed by atoms with Crippen molar-refractivity contribution in [2.45, 2.75) is 51.9 Å². The molecule has 1 aromatic heterocycles. The summed E-state index contributed by atoms with van der Waals surface area (Å²) < 4.78 is 15.4. The summed E-state index contributed by atoms with van der Waals surface area (Å²) in [6.45, 7) is 5.84. The largest absolute Gasteiger partial charge is 0.458 e. The zero-order chi connectivity index (χ0) is 14.0. The molecule has 0 spiro atoms. The minimum atomic E-state index is -0.290. The molecule has 6 heteroatoms. The number of aryl methyl sites for hydroxylation is 1. The predicted molar refractivity (Wildman–Crippen MR) is 74.8 cm³/mol. The normalized spacial score (nSPS) is 27.1. The maximum atomic E-state index is 12.3. The SMILES string of the molecule is CNc1snc(C)c1C(=O)OC1CC(C)OC(C)C1. The molecule has 19 heavy (non-hydrogen) atoms. The molecule has 2 rings (SSSR count). The quantitative estimate of drug-likeness (QED) is 0.865. The van der Waals surface area contributed by atoms with Gasteiger partial charge in [-0.25, -0.2) is 4.79 Å². The van der Waals surface area contributed by atoms with Crippen molar-refractivity contribution >= 4 is 22.5 Å². The lowest BCUT2D eigenvalue weighted by Crippen LogP contribution is -2.35. The van der Waals surface area contributed by atoms with E-state index < -0.39 is 0 Å². The molecule has 106 valence electrons. The number of anilines is 1. The minimum Gasteiger partial charge on any atom is -0.458 e. The number of ether oxygens (including phenoxy) is 2. The van der Waals surface area contributed by atoms with Gasteiger partial charge in [-0.15, -0.1) is 0 Å². The second-order valence-electron chi connectivity index (χ2n) is 4.98. The first-order chi connectivity index (χ1) is 9.01. The van der Waals surface area contributed by atoms with Gasteiger partial charge in [0.25, 0.3) is 0 Å². The van der Waals surface area contributed by atoms with Gasteiger partial charge in [0.1, 0.15) is 16.7 Å². The van der Waals surface area contributed by atoms with Gasteiger partial charge in [0, 0.05) is 19.9 Å². The maximum Gasteiger partial charge on any atom is 0.343 e. The van der Waals surface area contributed by atoms with Crippen molar-refractivity contribution in [3.63, 3.8) is 0 Å². The summed E-state index contributed by atoms with van der Waals surface area (Å²) in [5.41, 5.74) is 1.27. The van der Waals surface area contributed by atoms with E-state index >= 15 is 0 Å². The summed E-state index contributed by atoms with van der Waals surface area (Å²) in [6, 6.07) is 0. The first-order valence-corrected chi connectivity index (χ1v) is 7.29. The Hall–Kier alpha value is -1.14. The second kappa shape index (κ2) is 5.88. The minimum absolute atomic E-state index is 0.0738. The Kier molecular flexibility index (Phi) is 4.42. The van der Waals surface area contributed by atoms with E-state index in [4.69, 9.17) is 9.47 Å². The lowest BCUT2D eigenvalue weighted by molar-refractivity contribution is -0.0855. The number of rotatable bonds is 3. The number of hydrogen-bond donors (Lipinski definition) is 1. The maximum absolute atomic E-state index is 12.3. The van der Waals surface area contributed by atoms with Crippen molar-refractivity contribution in [3.05, 3.63) is 11.3 Å². The van der Waals surface area contributed by atoms with Crippen molar-refractivity contribution in [3.8, 4) is 0 Å². The van der Waals surface area contributed by atoms with E-state index in [9.17, 15) is 4.79 Å². The van der Waals surface area contributed by atoms with Crippen LogP contribution in [0.3, 0.4) is 0 Å². The van der Waals surface area contributed by atoms with Gasteiger partial charge < -0.3 is 14.8 Å².